The monoisotopic (exact) mass is 256 g/mol. The van der Waals surface area contributed by atoms with Crippen LogP contribution in [0.2, 0.25) is 0 Å². The molecule has 0 radical (unpaired) electrons. The molecular formula is C9H20O4S2. The van der Waals surface area contributed by atoms with Gasteiger partial charge in [0.15, 0.2) is 0 Å². The summed E-state index contributed by atoms with van der Waals surface area (Å²) in [6.45, 7) is 2.14. The maximum absolute atomic E-state index is 10.9. The third-order valence-electron chi connectivity index (χ3n) is 2.23. The third kappa shape index (κ3) is 7.79. The van der Waals surface area contributed by atoms with Gasteiger partial charge in [-0.2, -0.15) is 0 Å². The molecule has 0 spiro atoms. The summed E-state index contributed by atoms with van der Waals surface area (Å²) in [6, 6.07) is 0. The highest BCUT2D eigenvalue weighted by Crippen LogP contribution is 2.08. The lowest BCUT2D eigenvalue weighted by atomic mass is 10.1. The van der Waals surface area contributed by atoms with Gasteiger partial charge in [-0.05, 0) is 6.42 Å². The van der Waals surface area contributed by atoms with Crippen LogP contribution in [0.1, 0.15) is 51.9 Å². The molecule has 0 N–H and O–H groups in total. The Balaban J connectivity index is 3.47. The Morgan fingerprint density at radius 1 is 0.867 bits per heavy atom. The minimum absolute atomic E-state index is 0.223. The minimum Gasteiger partial charge on any atom is -0.216 e. The van der Waals surface area contributed by atoms with E-state index < -0.39 is 18.6 Å². The van der Waals surface area contributed by atoms with E-state index in [1.807, 2.05) is 0 Å². The van der Waals surface area contributed by atoms with Gasteiger partial charge in [-0.25, -0.2) is 16.8 Å². The molecule has 0 aromatic carbocycles. The maximum Gasteiger partial charge on any atom is 0.251 e. The second-order valence-electron chi connectivity index (χ2n) is 3.63. The molecule has 0 aromatic rings. The Morgan fingerprint density at radius 2 is 1.33 bits per heavy atom. The predicted octanol–water partition coefficient (Wildman–Crippen LogP) is 1.68. The van der Waals surface area contributed by atoms with Crippen molar-refractivity contribution in [2.24, 2.45) is 0 Å². The van der Waals surface area contributed by atoms with Crippen molar-refractivity contribution in [2.45, 2.75) is 51.9 Å². The van der Waals surface area contributed by atoms with Crippen LogP contribution in [0.15, 0.2) is 0 Å². The van der Waals surface area contributed by atoms with Crippen LogP contribution in [0.4, 0.5) is 0 Å². The van der Waals surface area contributed by atoms with Crippen LogP contribution < -0.4 is 0 Å². The van der Waals surface area contributed by atoms with E-state index in [-0.39, 0.29) is 5.75 Å². The highest BCUT2D eigenvalue weighted by Gasteiger charge is 2.11. The first-order valence-electron chi connectivity index (χ1n) is 5.38. The molecule has 6 heteroatoms. The van der Waals surface area contributed by atoms with Crippen molar-refractivity contribution in [3.63, 3.8) is 0 Å². The molecule has 0 saturated carbocycles. The fourth-order valence-electron chi connectivity index (χ4n) is 1.32. The summed E-state index contributed by atoms with van der Waals surface area (Å²) in [5.41, 5.74) is 0. The maximum atomic E-state index is 10.9. The molecule has 0 aliphatic heterocycles. The summed E-state index contributed by atoms with van der Waals surface area (Å²) >= 11 is 0. The molecule has 0 heterocycles. The van der Waals surface area contributed by atoms with E-state index in [0.717, 1.165) is 19.3 Å². The average Bonchev–Trinajstić information content (AvgIpc) is 2.16. The van der Waals surface area contributed by atoms with Crippen LogP contribution in [-0.4, -0.2) is 22.6 Å². The van der Waals surface area contributed by atoms with Crippen molar-refractivity contribution in [3.05, 3.63) is 0 Å². The fourth-order valence-corrected chi connectivity index (χ4v) is 2.87. The molecule has 0 amide bonds. The predicted molar refractivity (Wildman–Crippen MR) is 62.1 cm³/mol. The van der Waals surface area contributed by atoms with Crippen molar-refractivity contribution >= 4 is 18.6 Å². The topological polar surface area (TPSA) is 68.3 Å². The van der Waals surface area contributed by atoms with Crippen molar-refractivity contribution in [1.82, 2.24) is 0 Å². The van der Waals surface area contributed by atoms with Crippen molar-refractivity contribution in [2.75, 3.05) is 5.75 Å². The summed E-state index contributed by atoms with van der Waals surface area (Å²) in [6.07, 6.45) is 6.93. The number of thiol groups is 1. The van der Waals surface area contributed by atoms with Gasteiger partial charge in [0.2, 0.25) is 9.74 Å². The molecule has 92 valence electrons. The van der Waals surface area contributed by atoms with E-state index in [0.29, 0.717) is 6.42 Å². The van der Waals surface area contributed by atoms with Gasteiger partial charge < -0.3 is 0 Å². The first-order valence-corrected chi connectivity index (χ1v) is 8.81. The molecule has 0 saturated heterocycles. The first-order chi connectivity index (χ1) is 7.00. The summed E-state index contributed by atoms with van der Waals surface area (Å²) < 4.78 is 42.3. The van der Waals surface area contributed by atoms with Gasteiger partial charge in [0, 0.05) is 0 Å². The standard InChI is InChI=1S/C9H20O4S2/c1-2-3-4-5-6-7-8-9-15(12,13)14(10)11/h14H,2-9H2,1H3. The molecule has 0 aliphatic rings. The van der Waals surface area contributed by atoms with Gasteiger partial charge in [-0.3, -0.25) is 0 Å². The van der Waals surface area contributed by atoms with E-state index in [2.05, 4.69) is 6.92 Å². The van der Waals surface area contributed by atoms with E-state index in [1.54, 1.807) is 0 Å². The number of rotatable bonds is 9. The van der Waals surface area contributed by atoms with Gasteiger partial charge in [-0.1, -0.05) is 45.4 Å². The van der Waals surface area contributed by atoms with Crippen LogP contribution in [0.5, 0.6) is 0 Å². The quantitative estimate of drug-likeness (QED) is 0.387. The van der Waals surface area contributed by atoms with Gasteiger partial charge in [0.05, 0.1) is 5.75 Å². The van der Waals surface area contributed by atoms with E-state index >= 15 is 0 Å². The number of hydrogen-bond donors (Lipinski definition) is 1. The van der Waals surface area contributed by atoms with E-state index in [9.17, 15) is 16.8 Å². The van der Waals surface area contributed by atoms with Crippen molar-refractivity contribution in [3.8, 4) is 0 Å². The molecule has 15 heavy (non-hydrogen) atoms. The Hall–Kier alpha value is -0.100. The normalized spacial score (nSPS) is 12.1. The highest BCUT2D eigenvalue weighted by atomic mass is 33.1. The van der Waals surface area contributed by atoms with E-state index in [4.69, 9.17) is 0 Å². The molecule has 0 atom stereocenters. The molecule has 0 bridgehead atoms. The fraction of sp³-hybridized carbons (Fsp3) is 1.00. The van der Waals surface area contributed by atoms with Gasteiger partial charge in [0.1, 0.15) is 0 Å². The zero-order valence-electron chi connectivity index (χ0n) is 9.15. The second kappa shape index (κ2) is 8.10. The number of unbranched alkanes of at least 4 members (excludes halogenated alkanes) is 6. The Labute approximate surface area is 93.3 Å². The van der Waals surface area contributed by atoms with Gasteiger partial charge in [-0.15, -0.1) is 0 Å². The Bertz CT molecular complexity index is 309. The summed E-state index contributed by atoms with van der Waals surface area (Å²) in [7, 11) is -7.14. The van der Waals surface area contributed by atoms with Crippen LogP contribution >= 0.6 is 0 Å². The second-order valence-corrected chi connectivity index (χ2v) is 8.21. The van der Waals surface area contributed by atoms with Crippen LogP contribution in [0.3, 0.4) is 0 Å². The molecule has 0 aliphatic carbocycles. The van der Waals surface area contributed by atoms with Crippen LogP contribution in [0.25, 0.3) is 0 Å². The van der Waals surface area contributed by atoms with Crippen LogP contribution in [0, 0.1) is 0 Å². The number of hydrogen-bond acceptors (Lipinski definition) is 4. The molecular weight excluding hydrogens is 236 g/mol. The van der Waals surface area contributed by atoms with E-state index in [1.165, 1.54) is 19.3 Å². The van der Waals surface area contributed by atoms with Crippen LogP contribution in [-0.2, 0) is 18.6 Å². The Morgan fingerprint density at radius 3 is 1.80 bits per heavy atom. The SMILES string of the molecule is CCCCCCCCCS(=O)(=O)[SH](=O)=O. The average molecular weight is 256 g/mol. The molecule has 0 unspecified atom stereocenters. The molecule has 0 aromatic heterocycles. The summed E-state index contributed by atoms with van der Waals surface area (Å²) in [5, 5.41) is 0. The zero-order chi connectivity index (χ0) is 11.7. The third-order valence-corrected chi connectivity index (χ3v) is 5.40. The zero-order valence-corrected chi connectivity index (χ0v) is 10.9. The smallest absolute Gasteiger partial charge is 0.216 e. The van der Waals surface area contributed by atoms with Gasteiger partial charge in [0.25, 0.3) is 8.87 Å². The molecule has 4 nitrogen and oxygen atoms in total. The minimum atomic E-state index is -3.84. The lowest BCUT2D eigenvalue weighted by molar-refractivity contribution is 0.579. The summed E-state index contributed by atoms with van der Waals surface area (Å²) in [4.78, 5) is 0. The lowest BCUT2D eigenvalue weighted by Crippen LogP contribution is -2.07. The van der Waals surface area contributed by atoms with Gasteiger partial charge >= 0.3 is 0 Å². The highest BCUT2D eigenvalue weighted by molar-refractivity contribution is 8.59. The van der Waals surface area contributed by atoms with Crippen molar-refractivity contribution in [1.29, 1.82) is 0 Å². The molecule has 0 rings (SSSR count). The molecule has 0 fully saturated rings. The first kappa shape index (κ1) is 14.9. The largest absolute Gasteiger partial charge is 0.251 e. The summed E-state index contributed by atoms with van der Waals surface area (Å²) in [5.74, 6) is -0.223. The Kier molecular flexibility index (Phi) is 8.04. The lowest BCUT2D eigenvalue weighted by Gasteiger charge is -1.99. The van der Waals surface area contributed by atoms with Crippen molar-refractivity contribution < 1.29 is 16.8 Å².